The van der Waals surface area contributed by atoms with E-state index in [0.717, 1.165) is 56.3 Å². The van der Waals surface area contributed by atoms with Crippen molar-refractivity contribution in [1.82, 2.24) is 0 Å². The van der Waals surface area contributed by atoms with E-state index in [-0.39, 0.29) is 11.7 Å². The maximum Gasteiger partial charge on any atom is 0.200 e. The van der Waals surface area contributed by atoms with Crippen LogP contribution in [-0.2, 0) is 0 Å². The summed E-state index contributed by atoms with van der Waals surface area (Å²) in [5, 5.41) is 0. The van der Waals surface area contributed by atoms with Crippen LogP contribution < -0.4 is 4.74 Å². The molecule has 0 amide bonds. The largest absolute Gasteiger partial charge is 0.491 e. The molecule has 1 aromatic rings. The molecule has 0 aromatic heterocycles. The van der Waals surface area contributed by atoms with E-state index < -0.39 is 11.6 Å². The Morgan fingerprint density at radius 3 is 2.21 bits per heavy atom. The minimum absolute atomic E-state index is 0.0257. The van der Waals surface area contributed by atoms with Crippen LogP contribution in [0.15, 0.2) is 36.9 Å². The maximum atomic E-state index is 14.5. The molecule has 0 bridgehead atoms. The molecule has 0 spiro atoms. The molecule has 0 heterocycles. The average molecular weight is 403 g/mol. The van der Waals surface area contributed by atoms with Crippen molar-refractivity contribution in [2.24, 2.45) is 17.8 Å². The van der Waals surface area contributed by atoms with Crippen molar-refractivity contribution in [2.75, 3.05) is 6.61 Å². The summed E-state index contributed by atoms with van der Waals surface area (Å²) < 4.78 is 34.0. The molecule has 0 atom stereocenters. The van der Waals surface area contributed by atoms with Crippen LogP contribution in [0.5, 0.6) is 5.75 Å². The van der Waals surface area contributed by atoms with Gasteiger partial charge in [0.25, 0.3) is 0 Å². The van der Waals surface area contributed by atoms with Gasteiger partial charge in [-0.1, -0.05) is 24.3 Å². The molecular weight excluding hydrogens is 366 g/mol. The van der Waals surface area contributed by atoms with E-state index in [1.807, 2.05) is 6.08 Å². The standard InChI is InChI=1S/C26H36F2O/c1-3-5-6-7-8-19-9-11-20(12-10-19)21-13-15-22(16-14-21)23-17-18-24(29-4-2)26(28)25(23)27/h3,7-8,17-22H,1,4-6,9-16H2,2H3. The van der Waals surface area contributed by atoms with E-state index in [1.165, 1.54) is 25.7 Å². The van der Waals surface area contributed by atoms with Gasteiger partial charge in [-0.2, -0.15) is 4.39 Å². The van der Waals surface area contributed by atoms with Gasteiger partial charge in [0.1, 0.15) is 0 Å². The summed E-state index contributed by atoms with van der Waals surface area (Å²) in [6.07, 6.45) is 18.3. The third kappa shape index (κ3) is 5.71. The SMILES string of the molecule is C=CCCC=CC1CCC(C2CCC(c3ccc(OCC)c(F)c3F)CC2)CC1. The summed E-state index contributed by atoms with van der Waals surface area (Å²) in [5.74, 6) is 0.948. The highest BCUT2D eigenvalue weighted by molar-refractivity contribution is 5.33. The quantitative estimate of drug-likeness (QED) is 0.316. The Bertz CT molecular complexity index is 680. The fourth-order valence-corrected chi connectivity index (χ4v) is 5.34. The normalized spacial score (nSPS) is 27.8. The van der Waals surface area contributed by atoms with Gasteiger partial charge in [-0.3, -0.25) is 0 Å². The molecule has 3 rings (SSSR count). The third-order valence-electron chi connectivity index (χ3n) is 7.02. The lowest BCUT2D eigenvalue weighted by Gasteiger charge is -2.37. The second kappa shape index (κ2) is 10.9. The minimum atomic E-state index is -0.828. The lowest BCUT2D eigenvalue weighted by atomic mass is 9.68. The first kappa shape index (κ1) is 22.1. The number of allylic oxidation sites excluding steroid dienone is 3. The Kier molecular flexibility index (Phi) is 8.32. The van der Waals surface area contributed by atoms with Gasteiger partial charge in [-0.15, -0.1) is 6.58 Å². The number of unbranched alkanes of at least 4 members (excludes halogenated alkanes) is 1. The predicted molar refractivity (Wildman–Crippen MR) is 116 cm³/mol. The second-order valence-corrected chi connectivity index (χ2v) is 8.79. The van der Waals surface area contributed by atoms with E-state index in [4.69, 9.17) is 4.74 Å². The van der Waals surface area contributed by atoms with Crippen LogP contribution in [0.4, 0.5) is 8.78 Å². The van der Waals surface area contributed by atoms with Crippen LogP contribution in [0.1, 0.15) is 82.6 Å². The number of ether oxygens (including phenoxy) is 1. The molecule has 1 nitrogen and oxygen atoms in total. The van der Waals surface area contributed by atoms with Gasteiger partial charge in [-0.05, 0) is 106 Å². The number of benzene rings is 1. The van der Waals surface area contributed by atoms with Gasteiger partial charge in [0.15, 0.2) is 11.6 Å². The van der Waals surface area contributed by atoms with Crippen LogP contribution in [0.25, 0.3) is 0 Å². The van der Waals surface area contributed by atoms with Gasteiger partial charge >= 0.3 is 0 Å². The van der Waals surface area contributed by atoms with Crippen LogP contribution in [0, 0.1) is 29.4 Å². The number of hydrogen-bond donors (Lipinski definition) is 0. The first-order valence-corrected chi connectivity index (χ1v) is 11.5. The fourth-order valence-electron chi connectivity index (χ4n) is 5.34. The van der Waals surface area contributed by atoms with Crippen molar-refractivity contribution in [3.05, 3.63) is 54.1 Å². The lowest BCUT2D eigenvalue weighted by molar-refractivity contribution is 0.170. The van der Waals surface area contributed by atoms with E-state index >= 15 is 0 Å². The average Bonchev–Trinajstić information content (AvgIpc) is 2.75. The molecule has 160 valence electrons. The number of rotatable bonds is 8. The van der Waals surface area contributed by atoms with Gasteiger partial charge in [-0.25, -0.2) is 4.39 Å². The molecule has 0 unspecified atom stereocenters. The summed E-state index contributed by atoms with van der Waals surface area (Å²) in [5.41, 5.74) is 0.540. The zero-order valence-electron chi connectivity index (χ0n) is 17.8. The Labute approximate surface area is 175 Å². The highest BCUT2D eigenvalue weighted by atomic mass is 19.2. The summed E-state index contributed by atoms with van der Waals surface area (Å²) in [6.45, 7) is 5.89. The molecule has 2 saturated carbocycles. The molecule has 2 aliphatic carbocycles. The maximum absolute atomic E-state index is 14.5. The second-order valence-electron chi connectivity index (χ2n) is 8.79. The number of hydrogen-bond acceptors (Lipinski definition) is 1. The molecule has 2 aliphatic rings. The zero-order valence-corrected chi connectivity index (χ0v) is 17.8. The van der Waals surface area contributed by atoms with Gasteiger partial charge in [0.05, 0.1) is 6.61 Å². The highest BCUT2D eigenvalue weighted by Crippen LogP contribution is 2.45. The van der Waals surface area contributed by atoms with Crippen molar-refractivity contribution in [3.8, 4) is 5.75 Å². The molecule has 2 fully saturated rings. The molecule has 0 radical (unpaired) electrons. The van der Waals surface area contributed by atoms with Crippen molar-refractivity contribution < 1.29 is 13.5 Å². The monoisotopic (exact) mass is 402 g/mol. The smallest absolute Gasteiger partial charge is 0.200 e. The van der Waals surface area contributed by atoms with E-state index in [2.05, 4.69) is 18.7 Å². The van der Waals surface area contributed by atoms with E-state index in [1.54, 1.807) is 19.1 Å². The van der Waals surface area contributed by atoms with Crippen LogP contribution in [-0.4, -0.2) is 6.61 Å². The van der Waals surface area contributed by atoms with Crippen LogP contribution in [0.3, 0.4) is 0 Å². The molecule has 0 N–H and O–H groups in total. The van der Waals surface area contributed by atoms with E-state index in [0.29, 0.717) is 12.2 Å². The Morgan fingerprint density at radius 2 is 1.59 bits per heavy atom. The van der Waals surface area contributed by atoms with Crippen molar-refractivity contribution in [1.29, 1.82) is 0 Å². The summed E-state index contributed by atoms with van der Waals surface area (Å²) in [4.78, 5) is 0. The lowest BCUT2D eigenvalue weighted by Crippen LogP contribution is -2.25. The van der Waals surface area contributed by atoms with Gasteiger partial charge in [0.2, 0.25) is 5.82 Å². The molecule has 0 saturated heterocycles. The van der Waals surface area contributed by atoms with Gasteiger partial charge < -0.3 is 4.74 Å². The molecule has 29 heavy (non-hydrogen) atoms. The molecule has 1 aromatic carbocycles. The van der Waals surface area contributed by atoms with Crippen molar-refractivity contribution >= 4 is 0 Å². The predicted octanol–water partition coefficient (Wildman–Crippen LogP) is 7.97. The molecule has 0 aliphatic heterocycles. The topological polar surface area (TPSA) is 9.23 Å². The molecular formula is C26H36F2O. The van der Waals surface area contributed by atoms with Crippen molar-refractivity contribution in [2.45, 2.75) is 77.0 Å². The Hall–Kier alpha value is -1.64. The third-order valence-corrected chi connectivity index (χ3v) is 7.02. The fraction of sp³-hybridized carbons (Fsp3) is 0.615. The first-order valence-electron chi connectivity index (χ1n) is 11.5. The van der Waals surface area contributed by atoms with Crippen LogP contribution in [0.2, 0.25) is 0 Å². The number of halogens is 2. The van der Waals surface area contributed by atoms with Gasteiger partial charge in [0, 0.05) is 0 Å². The summed E-state index contributed by atoms with van der Waals surface area (Å²) >= 11 is 0. The van der Waals surface area contributed by atoms with E-state index in [9.17, 15) is 8.78 Å². The minimum Gasteiger partial charge on any atom is -0.491 e. The Balaban J connectivity index is 1.48. The van der Waals surface area contributed by atoms with Crippen molar-refractivity contribution in [3.63, 3.8) is 0 Å². The molecule has 3 heteroatoms. The summed E-state index contributed by atoms with van der Waals surface area (Å²) in [7, 11) is 0. The van der Waals surface area contributed by atoms with Crippen LogP contribution >= 0.6 is 0 Å². The first-order chi connectivity index (χ1) is 14.1. The summed E-state index contributed by atoms with van der Waals surface area (Å²) in [6, 6.07) is 3.32. The zero-order chi connectivity index (χ0) is 20.6. The Morgan fingerprint density at radius 1 is 0.931 bits per heavy atom. The highest BCUT2D eigenvalue weighted by Gasteiger charge is 2.32.